The minimum absolute atomic E-state index is 0.0464. The van der Waals surface area contributed by atoms with Gasteiger partial charge in [0.15, 0.2) is 0 Å². The minimum atomic E-state index is -0.844. The number of carbonyl (C=O) groups is 2. The standard InChI is InChI=1S/C15H25NO3/c17-14(10-5-8-12-6-1-2-7-12)16-11-4-3-9-13(16)15(18)19/h12-13H,1-11H2,(H,18,19). The Hall–Kier alpha value is -1.06. The van der Waals surface area contributed by atoms with E-state index in [1.807, 2.05) is 0 Å². The number of carboxylic acids is 1. The zero-order valence-corrected chi connectivity index (χ0v) is 11.6. The summed E-state index contributed by atoms with van der Waals surface area (Å²) in [5.41, 5.74) is 0. The fourth-order valence-electron chi connectivity index (χ4n) is 3.47. The fourth-order valence-corrected chi connectivity index (χ4v) is 3.47. The Labute approximate surface area is 115 Å². The lowest BCUT2D eigenvalue weighted by atomic mass is 9.98. The van der Waals surface area contributed by atoms with Gasteiger partial charge >= 0.3 is 5.97 Å². The van der Waals surface area contributed by atoms with Gasteiger partial charge in [-0.05, 0) is 38.0 Å². The van der Waals surface area contributed by atoms with Gasteiger partial charge in [-0.25, -0.2) is 4.79 Å². The van der Waals surface area contributed by atoms with Crippen LogP contribution in [0, 0.1) is 5.92 Å². The molecule has 2 aliphatic rings. The molecule has 108 valence electrons. The molecule has 19 heavy (non-hydrogen) atoms. The first-order valence-electron chi connectivity index (χ1n) is 7.71. The Bertz CT molecular complexity index is 323. The Morgan fingerprint density at radius 1 is 1.05 bits per heavy atom. The van der Waals surface area contributed by atoms with Crippen LogP contribution < -0.4 is 0 Å². The van der Waals surface area contributed by atoms with Gasteiger partial charge in [-0.15, -0.1) is 0 Å². The van der Waals surface area contributed by atoms with E-state index in [0.29, 0.717) is 19.4 Å². The Balaban J connectivity index is 1.75. The molecule has 1 N–H and O–H groups in total. The highest BCUT2D eigenvalue weighted by Gasteiger charge is 2.31. The highest BCUT2D eigenvalue weighted by Crippen LogP contribution is 2.29. The molecule has 0 spiro atoms. The molecule has 1 aliphatic heterocycles. The number of carboxylic acid groups (broad SMARTS) is 1. The van der Waals surface area contributed by atoms with Crippen molar-refractivity contribution in [2.45, 2.75) is 70.3 Å². The van der Waals surface area contributed by atoms with Crippen LogP contribution in [-0.2, 0) is 9.59 Å². The van der Waals surface area contributed by atoms with Crippen molar-refractivity contribution >= 4 is 11.9 Å². The van der Waals surface area contributed by atoms with Gasteiger partial charge in [0.1, 0.15) is 6.04 Å². The molecule has 4 heteroatoms. The summed E-state index contributed by atoms with van der Waals surface area (Å²) in [6.07, 6.45) is 10.4. The molecule has 1 atom stereocenters. The van der Waals surface area contributed by atoms with Crippen LogP contribution in [0.5, 0.6) is 0 Å². The Morgan fingerprint density at radius 3 is 2.42 bits per heavy atom. The van der Waals surface area contributed by atoms with Gasteiger partial charge < -0.3 is 10.0 Å². The second-order valence-corrected chi connectivity index (χ2v) is 5.98. The third-order valence-corrected chi connectivity index (χ3v) is 4.59. The quantitative estimate of drug-likeness (QED) is 0.833. The second kappa shape index (κ2) is 6.92. The van der Waals surface area contributed by atoms with E-state index in [-0.39, 0.29) is 5.91 Å². The maximum Gasteiger partial charge on any atom is 0.326 e. The van der Waals surface area contributed by atoms with E-state index < -0.39 is 12.0 Å². The van der Waals surface area contributed by atoms with Crippen LogP contribution in [0.3, 0.4) is 0 Å². The lowest BCUT2D eigenvalue weighted by Crippen LogP contribution is -2.47. The van der Waals surface area contributed by atoms with Crippen molar-refractivity contribution in [3.8, 4) is 0 Å². The van der Waals surface area contributed by atoms with Crippen molar-refractivity contribution in [1.29, 1.82) is 0 Å². The number of hydrogen-bond acceptors (Lipinski definition) is 2. The van der Waals surface area contributed by atoms with E-state index in [1.165, 1.54) is 25.7 Å². The molecule has 4 nitrogen and oxygen atoms in total. The highest BCUT2D eigenvalue weighted by molar-refractivity contribution is 5.83. The van der Waals surface area contributed by atoms with Crippen molar-refractivity contribution in [3.63, 3.8) is 0 Å². The summed E-state index contributed by atoms with van der Waals surface area (Å²) in [5, 5.41) is 9.16. The normalized spacial score (nSPS) is 24.6. The first-order valence-corrected chi connectivity index (χ1v) is 7.71. The van der Waals surface area contributed by atoms with Gasteiger partial charge in [0.05, 0.1) is 0 Å². The topological polar surface area (TPSA) is 57.6 Å². The largest absolute Gasteiger partial charge is 0.480 e. The molecule has 1 amide bonds. The number of piperidine rings is 1. The molecular formula is C15H25NO3. The van der Waals surface area contributed by atoms with Crippen LogP contribution in [0.1, 0.15) is 64.2 Å². The van der Waals surface area contributed by atoms with E-state index in [9.17, 15) is 9.59 Å². The van der Waals surface area contributed by atoms with Crippen molar-refractivity contribution in [2.75, 3.05) is 6.54 Å². The molecule has 0 aromatic heterocycles. The lowest BCUT2D eigenvalue weighted by Gasteiger charge is -2.33. The summed E-state index contributed by atoms with van der Waals surface area (Å²) in [6, 6.07) is -0.576. The van der Waals surface area contributed by atoms with Crippen molar-refractivity contribution < 1.29 is 14.7 Å². The maximum absolute atomic E-state index is 12.1. The molecule has 1 heterocycles. The molecule has 1 aliphatic carbocycles. The number of amides is 1. The molecule has 1 saturated carbocycles. The Morgan fingerprint density at radius 2 is 1.74 bits per heavy atom. The third-order valence-electron chi connectivity index (χ3n) is 4.59. The fraction of sp³-hybridized carbons (Fsp3) is 0.867. The minimum Gasteiger partial charge on any atom is -0.480 e. The predicted octanol–water partition coefficient (Wildman–Crippen LogP) is 2.81. The van der Waals surface area contributed by atoms with Crippen molar-refractivity contribution in [2.24, 2.45) is 5.92 Å². The molecule has 2 rings (SSSR count). The van der Waals surface area contributed by atoms with E-state index in [4.69, 9.17) is 5.11 Å². The number of aliphatic carboxylic acids is 1. The SMILES string of the molecule is O=C(O)C1CCCCN1C(=O)CCCC1CCCC1. The van der Waals surface area contributed by atoms with E-state index >= 15 is 0 Å². The third kappa shape index (κ3) is 3.95. The van der Waals surface area contributed by atoms with Crippen LogP contribution in [0.15, 0.2) is 0 Å². The number of rotatable bonds is 5. The number of carbonyl (C=O) groups excluding carboxylic acids is 1. The predicted molar refractivity (Wildman–Crippen MR) is 72.8 cm³/mol. The van der Waals surface area contributed by atoms with Gasteiger partial charge in [-0.3, -0.25) is 4.79 Å². The van der Waals surface area contributed by atoms with Gasteiger partial charge in [0.25, 0.3) is 0 Å². The lowest BCUT2D eigenvalue weighted by molar-refractivity contribution is -0.152. The van der Waals surface area contributed by atoms with Crippen LogP contribution in [0.2, 0.25) is 0 Å². The molecule has 0 bridgehead atoms. The Kier molecular flexibility index (Phi) is 5.23. The maximum atomic E-state index is 12.1. The van der Waals surface area contributed by atoms with Crippen LogP contribution >= 0.6 is 0 Å². The van der Waals surface area contributed by atoms with Gasteiger partial charge in [-0.2, -0.15) is 0 Å². The van der Waals surface area contributed by atoms with Crippen LogP contribution in [-0.4, -0.2) is 34.5 Å². The molecule has 2 fully saturated rings. The summed E-state index contributed by atoms with van der Waals surface area (Å²) in [5.74, 6) is 0.0124. The molecule has 0 aromatic rings. The number of likely N-dealkylation sites (tertiary alicyclic amines) is 1. The first kappa shape index (κ1) is 14.4. The van der Waals surface area contributed by atoms with E-state index in [0.717, 1.165) is 31.6 Å². The summed E-state index contributed by atoms with van der Waals surface area (Å²) in [6.45, 7) is 0.624. The molecular weight excluding hydrogens is 242 g/mol. The van der Waals surface area contributed by atoms with E-state index in [1.54, 1.807) is 4.90 Å². The van der Waals surface area contributed by atoms with E-state index in [2.05, 4.69) is 0 Å². The van der Waals surface area contributed by atoms with Gasteiger partial charge in [-0.1, -0.05) is 25.7 Å². The second-order valence-electron chi connectivity index (χ2n) is 5.98. The summed E-state index contributed by atoms with van der Waals surface area (Å²) in [7, 11) is 0. The van der Waals surface area contributed by atoms with Gasteiger partial charge in [0.2, 0.25) is 5.91 Å². The zero-order valence-electron chi connectivity index (χ0n) is 11.6. The summed E-state index contributed by atoms with van der Waals surface area (Å²) < 4.78 is 0. The summed E-state index contributed by atoms with van der Waals surface area (Å²) in [4.78, 5) is 24.9. The number of hydrogen-bond donors (Lipinski definition) is 1. The first-order chi connectivity index (χ1) is 9.18. The van der Waals surface area contributed by atoms with Crippen LogP contribution in [0.25, 0.3) is 0 Å². The number of nitrogens with zero attached hydrogens (tertiary/aromatic N) is 1. The van der Waals surface area contributed by atoms with Crippen molar-refractivity contribution in [1.82, 2.24) is 4.90 Å². The molecule has 1 unspecified atom stereocenters. The zero-order chi connectivity index (χ0) is 13.7. The highest BCUT2D eigenvalue weighted by atomic mass is 16.4. The van der Waals surface area contributed by atoms with Crippen LogP contribution in [0.4, 0.5) is 0 Å². The average Bonchev–Trinajstić information content (AvgIpc) is 2.91. The molecule has 1 saturated heterocycles. The average molecular weight is 267 g/mol. The van der Waals surface area contributed by atoms with Gasteiger partial charge in [0, 0.05) is 13.0 Å². The monoisotopic (exact) mass is 267 g/mol. The molecule has 0 aromatic carbocycles. The van der Waals surface area contributed by atoms with Crippen molar-refractivity contribution in [3.05, 3.63) is 0 Å². The smallest absolute Gasteiger partial charge is 0.326 e. The molecule has 0 radical (unpaired) electrons. The summed E-state index contributed by atoms with van der Waals surface area (Å²) >= 11 is 0.